The minimum Gasteiger partial charge on any atom is -0.507 e. The first-order chi connectivity index (χ1) is 21.8. The van der Waals surface area contributed by atoms with Crippen molar-refractivity contribution in [1.82, 2.24) is 0 Å². The van der Waals surface area contributed by atoms with Gasteiger partial charge in [0.1, 0.15) is 34.7 Å². The van der Waals surface area contributed by atoms with Gasteiger partial charge in [-0.05, 0) is 57.2 Å². The number of nitrogens with two attached hydrogens (primary N) is 1. The van der Waals surface area contributed by atoms with Crippen LogP contribution in [0.5, 0.6) is 23.0 Å². The number of Topliss-reactive ketones (excluding diaryl/α,β-unsaturated/α-hetero) is 1. The number of amides is 1. The molecule has 1 saturated heterocycles. The number of aryl methyl sites for hydroxylation is 1. The number of para-hydroxylation sites is 1. The van der Waals surface area contributed by atoms with Crippen molar-refractivity contribution in [2.45, 2.75) is 57.4 Å². The molecule has 4 N–H and O–H groups in total. The van der Waals surface area contributed by atoms with Crippen LogP contribution in [-0.2, 0) is 20.6 Å². The molecule has 46 heavy (non-hydrogen) atoms. The fourth-order valence-corrected chi connectivity index (χ4v) is 5.58. The molecule has 1 aliphatic rings. The van der Waals surface area contributed by atoms with Crippen LogP contribution in [0.1, 0.15) is 35.3 Å². The largest absolute Gasteiger partial charge is 0.507 e. The summed E-state index contributed by atoms with van der Waals surface area (Å²) in [6.45, 7) is 4.90. The van der Waals surface area contributed by atoms with Crippen molar-refractivity contribution < 1.29 is 47.9 Å². The Balaban J connectivity index is 1.39. The molecule has 1 aromatic heterocycles. The summed E-state index contributed by atoms with van der Waals surface area (Å²) in [5.41, 5.74) is 3.51. The number of hydrogen-bond acceptors (Lipinski definition) is 11. The lowest BCUT2D eigenvalue weighted by Crippen LogP contribution is -2.65. The van der Waals surface area contributed by atoms with E-state index in [1.54, 1.807) is 63.2 Å². The maximum Gasteiger partial charge on any atom is 0.404 e. The minimum atomic E-state index is -1.51. The molecule has 4 aromatic rings. The number of ketones is 1. The first kappa shape index (κ1) is 32.8. The number of aliphatic hydroxyl groups excluding tert-OH is 1. The van der Waals surface area contributed by atoms with Crippen LogP contribution >= 0.6 is 11.6 Å². The predicted molar refractivity (Wildman–Crippen MR) is 166 cm³/mol. The highest BCUT2D eigenvalue weighted by Crippen LogP contribution is 2.38. The molecule has 2 heterocycles. The Morgan fingerprint density at radius 1 is 1.07 bits per heavy atom. The summed E-state index contributed by atoms with van der Waals surface area (Å²) in [7, 11) is 1.37. The van der Waals surface area contributed by atoms with Crippen molar-refractivity contribution in [3.05, 3.63) is 92.8 Å². The number of aliphatic hydroxyl groups is 1. The molecule has 1 amide bonds. The van der Waals surface area contributed by atoms with Crippen molar-refractivity contribution in [2.75, 3.05) is 7.11 Å². The molecule has 0 spiro atoms. The Bertz CT molecular complexity index is 1850. The topological polar surface area (TPSA) is 177 Å². The summed E-state index contributed by atoms with van der Waals surface area (Å²) in [6, 6.07) is 16.2. The van der Waals surface area contributed by atoms with Gasteiger partial charge in [0.25, 0.3) is 0 Å². The number of fused-ring (bicyclic) bond motifs is 1. The van der Waals surface area contributed by atoms with E-state index in [0.29, 0.717) is 22.1 Å². The summed E-state index contributed by atoms with van der Waals surface area (Å²) in [6.07, 6.45) is -6.52. The molecule has 13 heteroatoms. The zero-order valence-electron chi connectivity index (χ0n) is 25.3. The first-order valence-electron chi connectivity index (χ1n) is 14.2. The molecular weight excluding hydrogens is 622 g/mol. The second-order valence-corrected chi connectivity index (χ2v) is 11.6. The highest BCUT2D eigenvalue weighted by Gasteiger charge is 2.53. The third-order valence-corrected chi connectivity index (χ3v) is 7.98. The molecule has 0 bridgehead atoms. The van der Waals surface area contributed by atoms with Crippen molar-refractivity contribution in [2.24, 2.45) is 5.73 Å². The van der Waals surface area contributed by atoms with E-state index < -0.39 is 59.9 Å². The number of primary amides is 1. The Hall–Kier alpha value is -4.62. The number of aromatic hydroxyl groups is 1. The van der Waals surface area contributed by atoms with Crippen LogP contribution in [0.15, 0.2) is 69.9 Å². The van der Waals surface area contributed by atoms with Gasteiger partial charge in [0.15, 0.2) is 18.0 Å². The van der Waals surface area contributed by atoms with E-state index in [1.165, 1.54) is 25.3 Å². The van der Waals surface area contributed by atoms with Gasteiger partial charge in [-0.1, -0.05) is 35.9 Å². The summed E-state index contributed by atoms with van der Waals surface area (Å²) in [5, 5.41) is 22.6. The number of rotatable bonds is 9. The molecule has 0 radical (unpaired) electrons. The van der Waals surface area contributed by atoms with Crippen molar-refractivity contribution >= 4 is 34.4 Å². The van der Waals surface area contributed by atoms with Gasteiger partial charge in [-0.15, -0.1) is 0 Å². The highest BCUT2D eigenvalue weighted by molar-refractivity contribution is 6.32. The smallest absolute Gasteiger partial charge is 0.404 e. The second-order valence-electron chi connectivity index (χ2n) is 11.2. The number of carbonyl (C=O) groups excluding carboxylic acids is 2. The molecular formula is C33H32ClNO11. The third kappa shape index (κ3) is 6.51. The minimum absolute atomic E-state index is 0.00407. The third-order valence-electron chi connectivity index (χ3n) is 7.66. The average molecular weight is 654 g/mol. The Kier molecular flexibility index (Phi) is 9.27. The second kappa shape index (κ2) is 13.0. The Labute approximate surface area is 268 Å². The quantitative estimate of drug-likeness (QED) is 0.163. The van der Waals surface area contributed by atoms with Gasteiger partial charge in [-0.3, -0.25) is 4.79 Å². The number of hydrogen-bond donors (Lipinski definition) is 3. The lowest BCUT2D eigenvalue weighted by atomic mass is 9.89. The first-order valence-corrected chi connectivity index (χ1v) is 14.5. The maximum atomic E-state index is 13.2. The molecule has 12 nitrogen and oxygen atoms in total. The number of benzene rings is 3. The van der Waals surface area contributed by atoms with E-state index in [1.807, 2.05) is 0 Å². The van der Waals surface area contributed by atoms with Crippen molar-refractivity contribution in [3.8, 4) is 23.0 Å². The Morgan fingerprint density at radius 2 is 1.80 bits per heavy atom. The van der Waals surface area contributed by atoms with E-state index in [0.717, 1.165) is 0 Å². The van der Waals surface area contributed by atoms with E-state index in [4.69, 9.17) is 45.4 Å². The van der Waals surface area contributed by atoms with Crippen LogP contribution < -0.4 is 20.8 Å². The molecule has 1 aliphatic heterocycles. The maximum absolute atomic E-state index is 13.2. The number of halogens is 1. The standard InChI is InChI=1S/C33H32ClNO11/c1-16-23(43-31-26(38)28(45-32(35)40)29(41-4)33(2,3)46-31)13-12-19-25(37)20(30(39)44-27(16)19)15-22(36)17-8-7-9-18(14-17)42-24-11-6-5-10-21(24)34/h5-14,26,28-29,31,37-38H,15H2,1-4H3,(H2,35,40)/t26-,28+,29-,31-/m1/s1. The number of carbonyl (C=O) groups is 2. The van der Waals surface area contributed by atoms with Gasteiger partial charge >= 0.3 is 11.7 Å². The van der Waals surface area contributed by atoms with Crippen LogP contribution in [0.2, 0.25) is 5.02 Å². The predicted octanol–water partition coefficient (Wildman–Crippen LogP) is 5.03. The molecule has 242 valence electrons. The fraction of sp³-hybridized carbons (Fsp3) is 0.303. The molecule has 3 aromatic carbocycles. The summed E-state index contributed by atoms with van der Waals surface area (Å²) in [5.74, 6) is 0.0222. The van der Waals surface area contributed by atoms with Crippen LogP contribution in [0.4, 0.5) is 4.79 Å². The monoisotopic (exact) mass is 653 g/mol. The van der Waals surface area contributed by atoms with Crippen LogP contribution in [-0.4, -0.2) is 59.4 Å². The summed E-state index contributed by atoms with van der Waals surface area (Å²) >= 11 is 6.17. The van der Waals surface area contributed by atoms with Gasteiger partial charge in [0.2, 0.25) is 6.29 Å². The molecule has 0 unspecified atom stereocenters. The van der Waals surface area contributed by atoms with E-state index in [-0.39, 0.29) is 27.8 Å². The van der Waals surface area contributed by atoms with Gasteiger partial charge in [-0.2, -0.15) is 0 Å². The number of methoxy groups -OCH3 is 1. The van der Waals surface area contributed by atoms with Gasteiger partial charge in [0.05, 0.1) is 21.6 Å². The van der Waals surface area contributed by atoms with E-state index in [9.17, 15) is 24.6 Å². The molecule has 0 aliphatic carbocycles. The van der Waals surface area contributed by atoms with Gasteiger partial charge in [-0.25, -0.2) is 9.59 Å². The van der Waals surface area contributed by atoms with Gasteiger partial charge in [0, 0.05) is 24.7 Å². The lowest BCUT2D eigenvalue weighted by Gasteiger charge is -2.47. The molecule has 1 fully saturated rings. The Morgan fingerprint density at radius 3 is 2.50 bits per heavy atom. The molecule has 4 atom stereocenters. The SMILES string of the molecule is CO[C@@H]1[C@@H](OC(N)=O)[C@@H](O)[C@H](Oc2ccc3c(O)c(CC(=O)c4cccc(Oc5ccccc5Cl)c4)c(=O)oc3c2C)OC1(C)C. The van der Waals surface area contributed by atoms with E-state index in [2.05, 4.69) is 0 Å². The van der Waals surface area contributed by atoms with Crippen molar-refractivity contribution in [3.63, 3.8) is 0 Å². The zero-order valence-corrected chi connectivity index (χ0v) is 26.1. The number of ether oxygens (including phenoxy) is 5. The van der Waals surface area contributed by atoms with E-state index >= 15 is 0 Å². The summed E-state index contributed by atoms with van der Waals surface area (Å²) < 4.78 is 33.8. The normalized spacial score (nSPS) is 20.7. The van der Waals surface area contributed by atoms with Crippen LogP contribution in [0.3, 0.4) is 0 Å². The lowest BCUT2D eigenvalue weighted by molar-refractivity contribution is -0.304. The molecule has 5 rings (SSSR count). The average Bonchev–Trinajstić information content (AvgIpc) is 3.00. The zero-order chi connectivity index (χ0) is 33.3. The fourth-order valence-electron chi connectivity index (χ4n) is 5.41. The van der Waals surface area contributed by atoms with Crippen molar-refractivity contribution in [1.29, 1.82) is 0 Å². The van der Waals surface area contributed by atoms with Crippen LogP contribution in [0, 0.1) is 6.92 Å². The molecule has 0 saturated carbocycles. The van der Waals surface area contributed by atoms with Gasteiger partial charge < -0.3 is 44.0 Å². The van der Waals surface area contributed by atoms with Crippen LogP contribution in [0.25, 0.3) is 11.0 Å². The summed E-state index contributed by atoms with van der Waals surface area (Å²) in [4.78, 5) is 37.8. The highest BCUT2D eigenvalue weighted by atomic mass is 35.5.